The lowest BCUT2D eigenvalue weighted by Gasteiger charge is -2.08. The Balaban J connectivity index is 2.98. The van der Waals surface area contributed by atoms with Crippen LogP contribution in [0.2, 0.25) is 5.02 Å². The van der Waals surface area contributed by atoms with Gasteiger partial charge in [-0.15, -0.1) is 0 Å². The van der Waals surface area contributed by atoms with E-state index in [2.05, 4.69) is 5.32 Å². The van der Waals surface area contributed by atoms with Crippen molar-refractivity contribution >= 4 is 23.2 Å². The summed E-state index contributed by atoms with van der Waals surface area (Å²) in [6.45, 7) is 4.34. The third-order valence-corrected chi connectivity index (χ3v) is 2.31. The van der Waals surface area contributed by atoms with Crippen LogP contribution >= 0.6 is 11.6 Å². The van der Waals surface area contributed by atoms with Gasteiger partial charge in [0.05, 0.1) is 4.92 Å². The summed E-state index contributed by atoms with van der Waals surface area (Å²) >= 11 is 5.73. The Hall–Kier alpha value is -1.62. The van der Waals surface area contributed by atoms with E-state index in [4.69, 9.17) is 11.6 Å². The number of nitrogens with zero attached hydrogens (tertiary/aromatic N) is 1. The molecule has 0 aliphatic heterocycles. The van der Waals surface area contributed by atoms with Crippen molar-refractivity contribution in [2.75, 3.05) is 6.54 Å². The summed E-state index contributed by atoms with van der Waals surface area (Å²) < 4.78 is 0. The Bertz CT molecular complexity index is 446. The first kappa shape index (κ1) is 13.4. The van der Waals surface area contributed by atoms with Crippen LogP contribution in [0.4, 0.5) is 5.69 Å². The molecule has 0 aliphatic rings. The minimum Gasteiger partial charge on any atom is -0.352 e. The Morgan fingerprint density at radius 3 is 2.71 bits per heavy atom. The molecule has 1 amide bonds. The maximum Gasteiger partial charge on any atom is 0.282 e. The topological polar surface area (TPSA) is 72.2 Å². The molecule has 6 heteroatoms. The van der Waals surface area contributed by atoms with Crippen LogP contribution in [0.15, 0.2) is 18.2 Å². The van der Waals surface area contributed by atoms with Crippen molar-refractivity contribution in [2.24, 2.45) is 5.92 Å². The second-order valence-corrected chi connectivity index (χ2v) is 4.46. The lowest BCUT2D eigenvalue weighted by atomic mass is 10.1. The third kappa shape index (κ3) is 3.71. The van der Waals surface area contributed by atoms with Crippen LogP contribution in [0, 0.1) is 16.0 Å². The predicted octanol–water partition coefficient (Wildman–Crippen LogP) is 2.63. The molecule has 17 heavy (non-hydrogen) atoms. The number of halogens is 1. The predicted molar refractivity (Wildman–Crippen MR) is 65.3 cm³/mol. The second-order valence-electron chi connectivity index (χ2n) is 4.02. The summed E-state index contributed by atoms with van der Waals surface area (Å²) in [5, 5.41) is 13.7. The van der Waals surface area contributed by atoms with E-state index in [0.29, 0.717) is 11.6 Å². The third-order valence-electron chi connectivity index (χ3n) is 2.07. The highest BCUT2D eigenvalue weighted by Gasteiger charge is 2.20. The summed E-state index contributed by atoms with van der Waals surface area (Å²) in [7, 11) is 0. The van der Waals surface area contributed by atoms with Crippen LogP contribution in [0.25, 0.3) is 0 Å². The van der Waals surface area contributed by atoms with Crippen molar-refractivity contribution in [3.8, 4) is 0 Å². The zero-order chi connectivity index (χ0) is 13.0. The fourth-order valence-corrected chi connectivity index (χ4v) is 1.41. The Labute approximate surface area is 104 Å². The number of benzene rings is 1. The van der Waals surface area contributed by atoms with Crippen molar-refractivity contribution in [3.63, 3.8) is 0 Å². The van der Waals surface area contributed by atoms with Crippen LogP contribution in [0.3, 0.4) is 0 Å². The normalized spacial score (nSPS) is 10.4. The van der Waals surface area contributed by atoms with Crippen molar-refractivity contribution in [1.82, 2.24) is 5.32 Å². The quantitative estimate of drug-likeness (QED) is 0.665. The molecule has 0 aromatic heterocycles. The van der Waals surface area contributed by atoms with E-state index in [1.807, 2.05) is 13.8 Å². The molecule has 0 radical (unpaired) electrons. The van der Waals surface area contributed by atoms with Gasteiger partial charge in [0.15, 0.2) is 0 Å². The minimum atomic E-state index is -0.597. The number of amides is 1. The summed E-state index contributed by atoms with van der Waals surface area (Å²) in [5.41, 5.74) is -0.251. The maximum atomic E-state index is 11.8. The number of carbonyl (C=O) groups excluding carboxylic acids is 1. The van der Waals surface area contributed by atoms with E-state index in [-0.39, 0.29) is 17.2 Å². The largest absolute Gasteiger partial charge is 0.352 e. The fraction of sp³-hybridized carbons (Fsp3) is 0.364. The van der Waals surface area contributed by atoms with E-state index in [1.54, 1.807) is 0 Å². The molecular weight excluding hydrogens is 244 g/mol. The van der Waals surface area contributed by atoms with Gasteiger partial charge in [-0.05, 0) is 18.1 Å². The first-order valence-corrected chi connectivity index (χ1v) is 5.51. The van der Waals surface area contributed by atoms with Gasteiger partial charge in [-0.1, -0.05) is 25.4 Å². The van der Waals surface area contributed by atoms with Gasteiger partial charge in [-0.25, -0.2) is 0 Å². The first-order valence-electron chi connectivity index (χ1n) is 5.14. The molecule has 0 saturated heterocycles. The highest BCUT2D eigenvalue weighted by Crippen LogP contribution is 2.22. The molecule has 1 aromatic carbocycles. The molecule has 1 N–H and O–H groups in total. The number of hydrogen-bond acceptors (Lipinski definition) is 3. The summed E-state index contributed by atoms with van der Waals surface area (Å²) in [4.78, 5) is 21.9. The molecule has 0 spiro atoms. The SMILES string of the molecule is CC(C)CNC(=O)c1cc(Cl)ccc1[N+](=O)[O-]. The van der Waals surface area contributed by atoms with Gasteiger partial charge < -0.3 is 5.32 Å². The lowest BCUT2D eigenvalue weighted by Crippen LogP contribution is -2.27. The number of nitro groups is 1. The molecule has 0 atom stereocenters. The van der Waals surface area contributed by atoms with Gasteiger partial charge in [0.25, 0.3) is 11.6 Å². The fourth-order valence-electron chi connectivity index (χ4n) is 1.24. The number of nitro benzene ring substituents is 1. The molecule has 0 saturated carbocycles. The average Bonchev–Trinajstić information content (AvgIpc) is 2.25. The molecule has 5 nitrogen and oxygen atoms in total. The number of nitrogens with one attached hydrogen (secondary N) is 1. The van der Waals surface area contributed by atoms with Gasteiger partial charge in [-0.2, -0.15) is 0 Å². The van der Waals surface area contributed by atoms with Crippen LogP contribution < -0.4 is 5.32 Å². The molecule has 1 aromatic rings. The van der Waals surface area contributed by atoms with E-state index >= 15 is 0 Å². The standard InChI is InChI=1S/C11H13ClN2O3/c1-7(2)6-13-11(15)9-5-8(12)3-4-10(9)14(16)17/h3-5,7H,6H2,1-2H3,(H,13,15). The van der Waals surface area contributed by atoms with Gasteiger partial charge in [0, 0.05) is 17.6 Å². The molecule has 0 aliphatic carbocycles. The summed E-state index contributed by atoms with van der Waals surface area (Å²) in [5.74, 6) is -0.204. The van der Waals surface area contributed by atoms with Crippen molar-refractivity contribution in [2.45, 2.75) is 13.8 Å². The van der Waals surface area contributed by atoms with E-state index in [1.165, 1.54) is 18.2 Å². The molecule has 0 unspecified atom stereocenters. The van der Waals surface area contributed by atoms with Crippen molar-refractivity contribution < 1.29 is 9.72 Å². The molecule has 92 valence electrons. The van der Waals surface area contributed by atoms with Gasteiger partial charge in [-0.3, -0.25) is 14.9 Å². The Morgan fingerprint density at radius 1 is 1.53 bits per heavy atom. The number of carbonyl (C=O) groups is 1. The molecule has 0 fully saturated rings. The highest BCUT2D eigenvalue weighted by atomic mass is 35.5. The van der Waals surface area contributed by atoms with Crippen LogP contribution in [0.5, 0.6) is 0 Å². The van der Waals surface area contributed by atoms with Crippen molar-refractivity contribution in [3.05, 3.63) is 38.9 Å². The Kier molecular flexibility index (Phi) is 4.45. The monoisotopic (exact) mass is 256 g/mol. The molecular formula is C11H13ClN2O3. The van der Waals surface area contributed by atoms with Crippen LogP contribution in [-0.4, -0.2) is 17.4 Å². The van der Waals surface area contributed by atoms with Gasteiger partial charge in [0.2, 0.25) is 0 Å². The zero-order valence-electron chi connectivity index (χ0n) is 9.57. The Morgan fingerprint density at radius 2 is 2.18 bits per heavy atom. The molecule has 1 rings (SSSR count). The van der Waals surface area contributed by atoms with Gasteiger partial charge >= 0.3 is 0 Å². The molecule has 0 heterocycles. The van der Waals surface area contributed by atoms with E-state index in [0.717, 1.165) is 0 Å². The zero-order valence-corrected chi connectivity index (χ0v) is 10.3. The molecule has 0 bridgehead atoms. The van der Waals surface area contributed by atoms with E-state index < -0.39 is 10.8 Å². The van der Waals surface area contributed by atoms with Crippen molar-refractivity contribution in [1.29, 1.82) is 0 Å². The first-order chi connectivity index (χ1) is 7.91. The lowest BCUT2D eigenvalue weighted by molar-refractivity contribution is -0.385. The number of rotatable bonds is 4. The van der Waals surface area contributed by atoms with E-state index in [9.17, 15) is 14.9 Å². The smallest absolute Gasteiger partial charge is 0.282 e. The second kappa shape index (κ2) is 5.63. The van der Waals surface area contributed by atoms with Gasteiger partial charge in [0.1, 0.15) is 5.56 Å². The highest BCUT2D eigenvalue weighted by molar-refractivity contribution is 6.31. The average molecular weight is 257 g/mol. The maximum absolute atomic E-state index is 11.8. The van der Waals surface area contributed by atoms with Crippen LogP contribution in [0.1, 0.15) is 24.2 Å². The summed E-state index contributed by atoms with van der Waals surface area (Å²) in [6, 6.07) is 3.92. The minimum absolute atomic E-state index is 0.0110. The number of hydrogen-bond donors (Lipinski definition) is 1. The van der Waals surface area contributed by atoms with Crippen LogP contribution in [-0.2, 0) is 0 Å². The summed E-state index contributed by atoms with van der Waals surface area (Å²) in [6.07, 6.45) is 0.